The van der Waals surface area contributed by atoms with Gasteiger partial charge in [-0.3, -0.25) is 4.79 Å². The second-order valence-corrected chi connectivity index (χ2v) is 6.48. The summed E-state index contributed by atoms with van der Waals surface area (Å²) in [6, 6.07) is 14.0. The van der Waals surface area contributed by atoms with Gasteiger partial charge in [0.05, 0.1) is 14.2 Å². The predicted molar refractivity (Wildman–Crippen MR) is 108 cm³/mol. The topological polar surface area (TPSA) is 63.4 Å². The Morgan fingerprint density at radius 3 is 2.63 bits per heavy atom. The molecule has 0 bridgehead atoms. The molecule has 0 aliphatic carbocycles. The molecule has 0 fully saturated rings. The van der Waals surface area contributed by atoms with Crippen molar-refractivity contribution in [3.63, 3.8) is 0 Å². The number of amides is 1. The molecule has 0 saturated carbocycles. The van der Waals surface area contributed by atoms with Crippen LogP contribution in [0.25, 0.3) is 10.9 Å². The number of nitrogens with one attached hydrogen (secondary N) is 2. The summed E-state index contributed by atoms with van der Waals surface area (Å²) in [4.78, 5) is 15.4. The lowest BCUT2D eigenvalue weighted by atomic mass is 9.89. The third-order valence-corrected chi connectivity index (χ3v) is 4.79. The third kappa shape index (κ3) is 3.92. The summed E-state index contributed by atoms with van der Waals surface area (Å²) in [6.07, 6.45) is 3.36. The molecular formula is C22H26N2O3. The molecule has 0 saturated heterocycles. The minimum atomic E-state index is -0.0630. The number of hydrogen-bond donors (Lipinski definition) is 2. The van der Waals surface area contributed by atoms with Crippen LogP contribution in [-0.2, 0) is 4.79 Å². The quantitative estimate of drug-likeness (QED) is 0.627. The molecule has 27 heavy (non-hydrogen) atoms. The van der Waals surface area contributed by atoms with Crippen LogP contribution in [0.3, 0.4) is 0 Å². The molecule has 0 radical (unpaired) electrons. The molecule has 1 unspecified atom stereocenters. The average Bonchev–Trinajstić information content (AvgIpc) is 3.12. The zero-order chi connectivity index (χ0) is 19.2. The number of ether oxygens (including phenoxy) is 2. The van der Waals surface area contributed by atoms with Gasteiger partial charge in [-0.1, -0.05) is 37.3 Å². The van der Waals surface area contributed by atoms with Crippen molar-refractivity contribution >= 4 is 16.8 Å². The van der Waals surface area contributed by atoms with E-state index in [0.29, 0.717) is 24.5 Å². The van der Waals surface area contributed by atoms with E-state index in [2.05, 4.69) is 16.4 Å². The zero-order valence-corrected chi connectivity index (χ0v) is 16.0. The molecule has 0 spiro atoms. The number of para-hydroxylation sites is 2. The Morgan fingerprint density at radius 1 is 1.07 bits per heavy atom. The van der Waals surface area contributed by atoms with Gasteiger partial charge in [-0.25, -0.2) is 0 Å². The summed E-state index contributed by atoms with van der Waals surface area (Å²) < 4.78 is 11.1. The first-order valence-corrected chi connectivity index (χ1v) is 9.23. The molecule has 1 aromatic heterocycles. The van der Waals surface area contributed by atoms with Crippen LogP contribution in [0.2, 0.25) is 0 Å². The maximum absolute atomic E-state index is 12.1. The predicted octanol–water partition coefficient (Wildman–Crippen LogP) is 4.23. The number of carbonyl (C=O) groups excluding carboxylic acids is 1. The average molecular weight is 366 g/mol. The van der Waals surface area contributed by atoms with Crippen LogP contribution in [0, 0.1) is 0 Å². The number of H-pyrrole nitrogens is 1. The zero-order valence-electron chi connectivity index (χ0n) is 16.0. The van der Waals surface area contributed by atoms with Gasteiger partial charge in [-0.2, -0.15) is 0 Å². The van der Waals surface area contributed by atoms with Gasteiger partial charge in [0.1, 0.15) is 0 Å². The van der Waals surface area contributed by atoms with Crippen molar-refractivity contribution < 1.29 is 14.3 Å². The van der Waals surface area contributed by atoms with Gasteiger partial charge in [-0.15, -0.1) is 0 Å². The van der Waals surface area contributed by atoms with Gasteiger partial charge >= 0.3 is 0 Å². The van der Waals surface area contributed by atoms with Crippen LogP contribution in [0.15, 0.2) is 48.7 Å². The number of methoxy groups -OCH3 is 2. The van der Waals surface area contributed by atoms with E-state index >= 15 is 0 Å². The second-order valence-electron chi connectivity index (χ2n) is 6.48. The normalized spacial score (nSPS) is 12.0. The molecule has 2 aromatic carbocycles. The highest BCUT2D eigenvalue weighted by Gasteiger charge is 2.24. The van der Waals surface area contributed by atoms with E-state index < -0.39 is 0 Å². The summed E-state index contributed by atoms with van der Waals surface area (Å²) in [5, 5.41) is 4.21. The van der Waals surface area contributed by atoms with E-state index in [-0.39, 0.29) is 11.8 Å². The number of rotatable bonds is 8. The highest BCUT2D eigenvalue weighted by molar-refractivity contribution is 5.84. The highest BCUT2D eigenvalue weighted by atomic mass is 16.5. The maximum Gasteiger partial charge on any atom is 0.220 e. The fourth-order valence-electron chi connectivity index (χ4n) is 3.49. The smallest absolute Gasteiger partial charge is 0.220 e. The van der Waals surface area contributed by atoms with Gasteiger partial charge in [0.15, 0.2) is 11.5 Å². The summed E-state index contributed by atoms with van der Waals surface area (Å²) in [6.45, 7) is 2.49. The largest absolute Gasteiger partial charge is 0.493 e. The van der Waals surface area contributed by atoms with Crippen molar-refractivity contribution in [2.75, 3.05) is 20.8 Å². The van der Waals surface area contributed by atoms with Crippen LogP contribution < -0.4 is 14.8 Å². The van der Waals surface area contributed by atoms with Crippen molar-refractivity contribution in [1.29, 1.82) is 0 Å². The Hall–Kier alpha value is -2.95. The third-order valence-electron chi connectivity index (χ3n) is 4.79. The Kier molecular flexibility index (Phi) is 6.01. The highest BCUT2D eigenvalue weighted by Crippen LogP contribution is 2.40. The van der Waals surface area contributed by atoms with Crippen molar-refractivity contribution in [1.82, 2.24) is 10.3 Å². The van der Waals surface area contributed by atoms with Crippen molar-refractivity contribution in [2.45, 2.75) is 25.7 Å². The molecule has 0 aliphatic heterocycles. The van der Waals surface area contributed by atoms with E-state index in [0.717, 1.165) is 28.5 Å². The van der Waals surface area contributed by atoms with E-state index in [4.69, 9.17) is 9.47 Å². The first-order chi connectivity index (χ1) is 13.2. The fourth-order valence-corrected chi connectivity index (χ4v) is 3.49. The number of carbonyl (C=O) groups is 1. The second kappa shape index (κ2) is 8.62. The van der Waals surface area contributed by atoms with E-state index in [1.807, 2.05) is 49.5 Å². The number of fused-ring (bicyclic) bond motifs is 1. The van der Waals surface area contributed by atoms with Gasteiger partial charge in [0, 0.05) is 41.5 Å². The van der Waals surface area contributed by atoms with Gasteiger partial charge in [-0.05, 0) is 24.1 Å². The maximum atomic E-state index is 12.1. The lowest BCUT2D eigenvalue weighted by Gasteiger charge is -2.22. The van der Waals surface area contributed by atoms with Crippen LogP contribution in [-0.4, -0.2) is 31.7 Å². The Balaban J connectivity index is 2.07. The van der Waals surface area contributed by atoms with E-state index in [1.54, 1.807) is 14.2 Å². The lowest BCUT2D eigenvalue weighted by Crippen LogP contribution is -2.28. The summed E-state index contributed by atoms with van der Waals surface area (Å²) in [5.41, 5.74) is 3.17. The summed E-state index contributed by atoms with van der Waals surface area (Å²) >= 11 is 0. The molecule has 3 aromatic rings. The standard InChI is InChI=1S/C22H26N2O3/c1-4-8-21(25)24-14-18(16-10-7-12-20(26-2)22(16)27-3)17-13-23-19-11-6-5-9-15(17)19/h5-7,9-13,18,23H,4,8,14H2,1-3H3,(H,24,25). The van der Waals surface area contributed by atoms with E-state index in [1.165, 1.54) is 0 Å². The van der Waals surface area contributed by atoms with Crippen LogP contribution in [0.1, 0.15) is 36.8 Å². The number of aromatic nitrogens is 1. The number of hydrogen-bond acceptors (Lipinski definition) is 3. The molecule has 3 rings (SSSR count). The summed E-state index contributed by atoms with van der Waals surface area (Å²) in [5.74, 6) is 1.37. The molecule has 1 heterocycles. The molecule has 2 N–H and O–H groups in total. The minimum absolute atomic E-state index is 0.0594. The van der Waals surface area contributed by atoms with Crippen molar-refractivity contribution in [2.24, 2.45) is 0 Å². The van der Waals surface area contributed by atoms with Crippen LogP contribution >= 0.6 is 0 Å². The number of aromatic amines is 1. The molecule has 1 amide bonds. The van der Waals surface area contributed by atoms with Crippen molar-refractivity contribution in [3.8, 4) is 11.5 Å². The Labute approximate surface area is 159 Å². The van der Waals surface area contributed by atoms with E-state index in [9.17, 15) is 4.79 Å². The van der Waals surface area contributed by atoms with Crippen LogP contribution in [0.5, 0.6) is 11.5 Å². The fraction of sp³-hybridized carbons (Fsp3) is 0.318. The molecule has 1 atom stereocenters. The van der Waals surface area contributed by atoms with Crippen molar-refractivity contribution in [3.05, 3.63) is 59.8 Å². The molecular weight excluding hydrogens is 340 g/mol. The molecule has 5 nitrogen and oxygen atoms in total. The first kappa shape index (κ1) is 18.8. The molecule has 142 valence electrons. The summed E-state index contributed by atoms with van der Waals surface area (Å²) in [7, 11) is 3.27. The number of benzene rings is 2. The lowest BCUT2D eigenvalue weighted by molar-refractivity contribution is -0.121. The van der Waals surface area contributed by atoms with Crippen LogP contribution in [0.4, 0.5) is 0 Å². The molecule has 5 heteroatoms. The Bertz CT molecular complexity index is 917. The molecule has 0 aliphatic rings. The SMILES string of the molecule is CCCC(=O)NCC(c1cccc(OC)c1OC)c1c[nH]c2ccccc12. The Morgan fingerprint density at radius 2 is 1.89 bits per heavy atom. The van der Waals surface area contributed by atoms with Gasteiger partial charge in [0.2, 0.25) is 5.91 Å². The van der Waals surface area contributed by atoms with Gasteiger partial charge < -0.3 is 19.8 Å². The first-order valence-electron chi connectivity index (χ1n) is 9.23. The monoisotopic (exact) mass is 366 g/mol. The minimum Gasteiger partial charge on any atom is -0.493 e. The van der Waals surface area contributed by atoms with Gasteiger partial charge in [0.25, 0.3) is 0 Å².